The highest BCUT2D eigenvalue weighted by Gasteiger charge is 2.29. The van der Waals surface area contributed by atoms with Gasteiger partial charge in [-0.3, -0.25) is 19.7 Å². The largest absolute Gasteiger partial charge is 0.488 e. The first-order chi connectivity index (χ1) is 30.2. The number of hydrogen-bond acceptors (Lipinski definition) is 10. The molecule has 0 aliphatic carbocycles. The van der Waals surface area contributed by atoms with Crippen LogP contribution in [0.4, 0.5) is 5.69 Å². The maximum absolute atomic E-state index is 12.1. The van der Waals surface area contributed by atoms with E-state index in [-0.39, 0.29) is 33.0 Å². The van der Waals surface area contributed by atoms with Gasteiger partial charge in [0, 0.05) is 60.2 Å². The van der Waals surface area contributed by atoms with Gasteiger partial charge in [0.25, 0.3) is 0 Å². The van der Waals surface area contributed by atoms with Gasteiger partial charge in [0.15, 0.2) is 0 Å². The minimum absolute atomic E-state index is 0.131. The Morgan fingerprint density at radius 3 is 1.90 bits per heavy atom. The van der Waals surface area contributed by atoms with Gasteiger partial charge >= 0.3 is 5.97 Å². The summed E-state index contributed by atoms with van der Waals surface area (Å²) < 4.78 is 24.7. The summed E-state index contributed by atoms with van der Waals surface area (Å²) in [6.07, 6.45) is 8.54. The van der Waals surface area contributed by atoms with E-state index in [1.807, 2.05) is 53.4 Å². The molecule has 62 heavy (non-hydrogen) atoms. The summed E-state index contributed by atoms with van der Waals surface area (Å²) in [4.78, 5) is 25.7. The molecule has 14 heteroatoms. The molecule has 7 rings (SSSR count). The van der Waals surface area contributed by atoms with Crippen molar-refractivity contribution in [2.75, 3.05) is 6.54 Å². The first-order valence-electron chi connectivity index (χ1n) is 19.8. The Morgan fingerprint density at radius 1 is 0.742 bits per heavy atom. The number of benzene rings is 4. The molecule has 12 nitrogen and oxygen atoms in total. The zero-order valence-corrected chi connectivity index (χ0v) is 35.0. The van der Waals surface area contributed by atoms with Crippen LogP contribution in [-0.4, -0.2) is 43.6 Å². The van der Waals surface area contributed by atoms with Crippen LogP contribution in [0.3, 0.4) is 0 Å². The average molecular weight is 871 g/mol. The van der Waals surface area contributed by atoms with Crippen molar-refractivity contribution in [3.8, 4) is 40.2 Å². The summed E-state index contributed by atoms with van der Waals surface area (Å²) >= 11 is 13.4. The second-order valence-electron chi connectivity index (χ2n) is 14.7. The molecule has 0 amide bonds. The average Bonchev–Trinajstić information content (AvgIpc) is 3.30. The van der Waals surface area contributed by atoms with Crippen LogP contribution < -0.4 is 18.9 Å². The molecule has 1 saturated heterocycles. The van der Waals surface area contributed by atoms with Crippen LogP contribution in [0.15, 0.2) is 110 Å². The molecule has 2 aromatic heterocycles. The minimum atomic E-state index is -0.853. The SMILES string of the molecule is [C-]#[N+]c1cncc(COc2cc(OCc3cccc(-c4cccc(COc5cc(OCc6cncc(C#N)c6)c(CO)cc5Cl)c4)c3)c(Cl)cc2CN2CCCC[C@H]2C(=O)O)c1. The third-order valence-corrected chi connectivity index (χ3v) is 10.9. The number of rotatable bonds is 17. The molecule has 6 aromatic rings. The second kappa shape index (κ2) is 20.7. The fourth-order valence-corrected chi connectivity index (χ4v) is 7.62. The summed E-state index contributed by atoms with van der Waals surface area (Å²) in [6, 6.07) is 27.5. The van der Waals surface area contributed by atoms with E-state index < -0.39 is 12.0 Å². The normalized spacial score (nSPS) is 13.7. The van der Waals surface area contributed by atoms with Crippen LogP contribution in [0.2, 0.25) is 10.0 Å². The monoisotopic (exact) mass is 869 g/mol. The van der Waals surface area contributed by atoms with E-state index in [2.05, 4.69) is 20.9 Å². The number of likely N-dealkylation sites (tertiary alicyclic amines) is 1. The molecule has 3 heterocycles. The number of aromatic nitrogens is 2. The van der Waals surface area contributed by atoms with Crippen molar-refractivity contribution in [1.82, 2.24) is 14.9 Å². The van der Waals surface area contributed by atoms with Gasteiger partial charge in [0.2, 0.25) is 5.69 Å². The molecule has 1 aliphatic heterocycles. The van der Waals surface area contributed by atoms with Gasteiger partial charge < -0.3 is 29.2 Å². The maximum atomic E-state index is 12.1. The van der Waals surface area contributed by atoms with Crippen LogP contribution in [0.1, 0.15) is 58.2 Å². The number of carboxylic acids is 1. The third-order valence-electron chi connectivity index (χ3n) is 10.3. The first kappa shape index (κ1) is 43.4. The van der Waals surface area contributed by atoms with Crippen molar-refractivity contribution >= 4 is 34.9 Å². The molecule has 0 bridgehead atoms. The van der Waals surface area contributed by atoms with Crippen LogP contribution in [0.5, 0.6) is 23.0 Å². The fraction of sp³-hybridized carbons (Fsp3) is 0.229. The lowest BCUT2D eigenvalue weighted by molar-refractivity contribution is -0.144. The van der Waals surface area contributed by atoms with Crippen LogP contribution in [-0.2, 0) is 44.4 Å². The number of ether oxygens (including phenoxy) is 4. The number of halogens is 2. The van der Waals surface area contributed by atoms with E-state index in [1.54, 1.807) is 48.8 Å². The molecule has 2 N–H and O–H groups in total. The number of carboxylic acid groups (broad SMARTS) is 1. The lowest BCUT2D eigenvalue weighted by atomic mass is 10.0. The third kappa shape index (κ3) is 11.2. The number of pyridine rings is 2. The van der Waals surface area contributed by atoms with Gasteiger partial charge in [0.05, 0.1) is 28.8 Å². The van der Waals surface area contributed by atoms with Crippen molar-refractivity contribution in [3.63, 3.8) is 0 Å². The van der Waals surface area contributed by atoms with E-state index in [0.717, 1.165) is 40.7 Å². The van der Waals surface area contributed by atoms with Crippen molar-refractivity contribution in [1.29, 1.82) is 5.26 Å². The lowest BCUT2D eigenvalue weighted by Crippen LogP contribution is -2.44. The Kier molecular flexibility index (Phi) is 14.5. The van der Waals surface area contributed by atoms with E-state index in [4.69, 9.17) is 48.7 Å². The lowest BCUT2D eigenvalue weighted by Gasteiger charge is -2.33. The fourth-order valence-electron chi connectivity index (χ4n) is 7.13. The first-order valence-corrected chi connectivity index (χ1v) is 20.5. The molecule has 0 unspecified atom stereocenters. The Morgan fingerprint density at radius 2 is 1.31 bits per heavy atom. The van der Waals surface area contributed by atoms with Gasteiger partial charge in [-0.15, -0.1) is 0 Å². The number of hydrogen-bond donors (Lipinski definition) is 2. The standard InChI is InChI=1S/C48H41Cl2N5O7/c1-52-40-15-35(23-54-24-40)30-59-44-18-46(41(49)16-38(44)25-55-11-3-2-10-43(55)48(57)58)61-27-31-6-4-8-36(13-31)37-9-5-7-32(14-37)28-62-47-19-45(39(26-56)17-42(47)50)60-29-34-12-33(20-51)21-53-22-34/h4-9,12-19,21-24,43,56H,2-3,10-11,25-30H2,(H,57,58)/t43-/m0/s1. The number of nitriles is 1. The Balaban J connectivity index is 1.04. The van der Waals surface area contributed by atoms with Gasteiger partial charge in [-0.25, -0.2) is 4.85 Å². The molecule has 0 spiro atoms. The zero-order valence-electron chi connectivity index (χ0n) is 33.5. The highest BCUT2D eigenvalue weighted by Crippen LogP contribution is 2.37. The highest BCUT2D eigenvalue weighted by atomic mass is 35.5. The number of piperidine rings is 1. The summed E-state index contributed by atoms with van der Waals surface area (Å²) in [5.41, 5.74) is 7.15. The molecule has 314 valence electrons. The summed E-state index contributed by atoms with van der Waals surface area (Å²) in [6.45, 7) is 8.70. The minimum Gasteiger partial charge on any atom is -0.488 e. The van der Waals surface area contributed by atoms with Gasteiger partial charge in [-0.2, -0.15) is 5.26 Å². The van der Waals surface area contributed by atoms with Crippen molar-refractivity contribution < 1.29 is 34.0 Å². The highest BCUT2D eigenvalue weighted by molar-refractivity contribution is 6.32. The second-order valence-corrected chi connectivity index (χ2v) is 15.5. The molecular formula is C48H41Cl2N5O7. The topological polar surface area (TPSA) is 152 Å². The summed E-state index contributed by atoms with van der Waals surface area (Å²) in [5.74, 6) is 0.828. The zero-order chi connectivity index (χ0) is 43.4. The van der Waals surface area contributed by atoms with Crippen molar-refractivity contribution in [2.24, 2.45) is 0 Å². The predicted octanol–water partition coefficient (Wildman–Crippen LogP) is 10.1. The van der Waals surface area contributed by atoms with Crippen LogP contribution in [0.25, 0.3) is 16.0 Å². The van der Waals surface area contributed by atoms with Crippen LogP contribution in [0, 0.1) is 17.9 Å². The number of aliphatic carboxylic acids is 1. The molecule has 4 aromatic carbocycles. The van der Waals surface area contributed by atoms with Crippen molar-refractivity contribution in [2.45, 2.75) is 64.9 Å². The van der Waals surface area contributed by atoms with E-state index in [0.29, 0.717) is 80.5 Å². The Bertz CT molecular complexity index is 2650. The van der Waals surface area contributed by atoms with Gasteiger partial charge in [-0.1, -0.05) is 66.0 Å². The summed E-state index contributed by atoms with van der Waals surface area (Å²) in [5, 5.41) is 29.8. The molecule has 1 aliphatic rings. The predicted molar refractivity (Wildman–Crippen MR) is 233 cm³/mol. The van der Waals surface area contributed by atoms with E-state index >= 15 is 0 Å². The van der Waals surface area contributed by atoms with Gasteiger partial charge in [-0.05, 0) is 83.6 Å². The smallest absolute Gasteiger partial charge is 0.320 e. The molecule has 1 fully saturated rings. The molecule has 1 atom stereocenters. The summed E-state index contributed by atoms with van der Waals surface area (Å²) in [7, 11) is 0. The number of carbonyl (C=O) groups is 1. The number of nitrogens with zero attached hydrogens (tertiary/aromatic N) is 5. The molecular weight excluding hydrogens is 829 g/mol. The quantitative estimate of drug-likeness (QED) is 0.0843. The van der Waals surface area contributed by atoms with Crippen LogP contribution >= 0.6 is 23.2 Å². The molecule has 0 saturated carbocycles. The number of aliphatic hydroxyl groups excluding tert-OH is 1. The maximum Gasteiger partial charge on any atom is 0.320 e. The Hall–Kier alpha value is -6.67. The molecule has 0 radical (unpaired) electrons. The van der Waals surface area contributed by atoms with E-state index in [1.165, 1.54) is 12.4 Å². The van der Waals surface area contributed by atoms with Gasteiger partial charge in [0.1, 0.15) is 61.5 Å². The Labute approximate surface area is 369 Å². The van der Waals surface area contributed by atoms with Crippen molar-refractivity contribution in [3.05, 3.63) is 170 Å². The van der Waals surface area contributed by atoms with E-state index in [9.17, 15) is 20.3 Å². The number of aliphatic hydroxyl groups is 1.